The molecule has 1 aliphatic heterocycles. The van der Waals surface area contributed by atoms with Crippen LogP contribution in [0.1, 0.15) is 32.6 Å². The Balaban J connectivity index is 2.00. The Morgan fingerprint density at radius 3 is 2.74 bits per heavy atom. The number of hydrogen-bond acceptors (Lipinski definition) is 4. The molecule has 1 aliphatic rings. The maximum absolute atomic E-state index is 11.6. The number of thioether (sulfide) groups is 1. The van der Waals surface area contributed by atoms with Crippen LogP contribution < -0.4 is 10.6 Å². The molecule has 3 N–H and O–H groups in total. The van der Waals surface area contributed by atoms with Crippen molar-refractivity contribution in [2.75, 3.05) is 25.4 Å². The zero-order chi connectivity index (χ0) is 14.1. The summed E-state index contributed by atoms with van der Waals surface area (Å²) >= 11 is 1.73. The first kappa shape index (κ1) is 16.3. The Labute approximate surface area is 118 Å². The van der Waals surface area contributed by atoms with Crippen molar-refractivity contribution in [3.63, 3.8) is 0 Å². The molecule has 5 nitrogen and oxygen atoms in total. The second kappa shape index (κ2) is 9.20. The van der Waals surface area contributed by atoms with Crippen LogP contribution in [0.4, 0.5) is 0 Å². The summed E-state index contributed by atoms with van der Waals surface area (Å²) in [5, 5.41) is 15.5. The molecule has 19 heavy (non-hydrogen) atoms. The van der Waals surface area contributed by atoms with Gasteiger partial charge in [0.15, 0.2) is 0 Å². The zero-order valence-electron chi connectivity index (χ0n) is 11.5. The van der Waals surface area contributed by atoms with Crippen LogP contribution in [0.3, 0.4) is 0 Å². The van der Waals surface area contributed by atoms with Crippen LogP contribution in [0.2, 0.25) is 0 Å². The van der Waals surface area contributed by atoms with Gasteiger partial charge in [-0.05, 0) is 38.8 Å². The van der Waals surface area contributed by atoms with Gasteiger partial charge in [0.2, 0.25) is 5.91 Å². The molecule has 6 heteroatoms. The van der Waals surface area contributed by atoms with Crippen LogP contribution in [0.25, 0.3) is 0 Å². The van der Waals surface area contributed by atoms with Crippen molar-refractivity contribution >= 4 is 23.6 Å². The predicted molar refractivity (Wildman–Crippen MR) is 77.4 cm³/mol. The van der Waals surface area contributed by atoms with Crippen molar-refractivity contribution in [1.29, 1.82) is 0 Å². The fraction of sp³-hybridized carbons (Fsp3) is 0.846. The smallest absolute Gasteiger partial charge is 0.306 e. The number of carboxylic acid groups (broad SMARTS) is 1. The highest BCUT2D eigenvalue weighted by Gasteiger charge is 2.15. The normalized spacial score (nSPS) is 17.9. The lowest BCUT2D eigenvalue weighted by Crippen LogP contribution is -2.31. The van der Waals surface area contributed by atoms with E-state index in [1.54, 1.807) is 18.7 Å². The maximum Gasteiger partial charge on any atom is 0.306 e. The van der Waals surface area contributed by atoms with Crippen LogP contribution >= 0.6 is 11.8 Å². The number of carbonyl (C=O) groups is 2. The minimum atomic E-state index is -0.771. The third kappa shape index (κ3) is 7.42. The summed E-state index contributed by atoms with van der Waals surface area (Å²) in [7, 11) is 0. The summed E-state index contributed by atoms with van der Waals surface area (Å²) in [6.07, 6.45) is 3.59. The second-order valence-electron chi connectivity index (χ2n) is 4.99. The number of piperidine rings is 1. The van der Waals surface area contributed by atoms with Gasteiger partial charge in [-0.15, -0.1) is 11.8 Å². The highest BCUT2D eigenvalue weighted by molar-refractivity contribution is 8.00. The van der Waals surface area contributed by atoms with Crippen molar-refractivity contribution in [2.45, 2.75) is 37.9 Å². The van der Waals surface area contributed by atoms with Gasteiger partial charge >= 0.3 is 5.97 Å². The zero-order valence-corrected chi connectivity index (χ0v) is 12.3. The first-order valence-corrected chi connectivity index (χ1v) is 7.96. The number of amides is 1. The number of carbonyl (C=O) groups excluding carboxylic acids is 1. The van der Waals surface area contributed by atoms with E-state index in [4.69, 9.17) is 5.11 Å². The predicted octanol–water partition coefficient (Wildman–Crippen LogP) is 1.09. The lowest BCUT2D eigenvalue weighted by Gasteiger charge is -2.21. The molecule has 0 bridgehead atoms. The lowest BCUT2D eigenvalue weighted by molar-refractivity contribution is -0.141. The largest absolute Gasteiger partial charge is 0.481 e. The fourth-order valence-corrected chi connectivity index (χ4v) is 3.02. The molecule has 0 spiro atoms. The van der Waals surface area contributed by atoms with Crippen molar-refractivity contribution in [3.8, 4) is 0 Å². The Bertz CT molecular complexity index is 294. The molecule has 1 amide bonds. The van der Waals surface area contributed by atoms with Gasteiger partial charge in [0.25, 0.3) is 0 Å². The van der Waals surface area contributed by atoms with Gasteiger partial charge in [-0.25, -0.2) is 0 Å². The van der Waals surface area contributed by atoms with E-state index in [9.17, 15) is 9.59 Å². The lowest BCUT2D eigenvalue weighted by atomic mass is 10.1. The molecular formula is C13H24N2O3S. The van der Waals surface area contributed by atoms with Gasteiger partial charge in [-0.2, -0.15) is 0 Å². The first-order chi connectivity index (χ1) is 9.09. The van der Waals surface area contributed by atoms with E-state index in [1.807, 2.05) is 0 Å². The van der Waals surface area contributed by atoms with Gasteiger partial charge in [0, 0.05) is 11.8 Å². The SMILES string of the molecule is CC(CCCNC(=O)CSC1CCNCC1)C(=O)O. The van der Waals surface area contributed by atoms with Gasteiger partial charge in [0.05, 0.1) is 11.7 Å². The highest BCUT2D eigenvalue weighted by Crippen LogP contribution is 2.19. The molecule has 1 rings (SSSR count). The number of hydrogen-bond donors (Lipinski definition) is 3. The van der Waals surface area contributed by atoms with Crippen LogP contribution in [-0.4, -0.2) is 47.6 Å². The average Bonchev–Trinajstić information content (AvgIpc) is 2.42. The summed E-state index contributed by atoms with van der Waals surface area (Å²) in [6, 6.07) is 0. The summed E-state index contributed by atoms with van der Waals surface area (Å²) in [5.41, 5.74) is 0. The van der Waals surface area contributed by atoms with Crippen LogP contribution in [0.5, 0.6) is 0 Å². The summed E-state index contributed by atoms with van der Waals surface area (Å²) in [4.78, 5) is 22.2. The molecule has 1 fully saturated rings. The van der Waals surface area contributed by atoms with E-state index in [-0.39, 0.29) is 11.8 Å². The molecular weight excluding hydrogens is 264 g/mol. The number of carboxylic acids is 1. The molecule has 1 unspecified atom stereocenters. The molecule has 110 valence electrons. The number of aliphatic carboxylic acids is 1. The van der Waals surface area contributed by atoms with Gasteiger partial charge in [-0.3, -0.25) is 9.59 Å². The Hall–Kier alpha value is -0.750. The molecule has 0 radical (unpaired) electrons. The Morgan fingerprint density at radius 2 is 2.11 bits per heavy atom. The van der Waals surface area contributed by atoms with E-state index in [2.05, 4.69) is 10.6 Å². The van der Waals surface area contributed by atoms with E-state index >= 15 is 0 Å². The summed E-state index contributed by atoms with van der Waals surface area (Å²) in [5.74, 6) is -0.528. The molecule has 0 aromatic carbocycles. The van der Waals surface area contributed by atoms with Crippen LogP contribution in [-0.2, 0) is 9.59 Å². The fourth-order valence-electron chi connectivity index (χ4n) is 1.97. The van der Waals surface area contributed by atoms with Crippen molar-refractivity contribution < 1.29 is 14.7 Å². The van der Waals surface area contributed by atoms with Gasteiger partial charge in [0.1, 0.15) is 0 Å². The molecule has 0 aromatic rings. The molecule has 0 saturated carbocycles. The maximum atomic E-state index is 11.6. The summed E-state index contributed by atoms with van der Waals surface area (Å²) in [6.45, 7) is 4.36. The van der Waals surface area contributed by atoms with E-state index < -0.39 is 5.97 Å². The third-order valence-electron chi connectivity index (χ3n) is 3.29. The Morgan fingerprint density at radius 1 is 1.42 bits per heavy atom. The monoisotopic (exact) mass is 288 g/mol. The van der Waals surface area contributed by atoms with E-state index in [1.165, 1.54) is 0 Å². The number of rotatable bonds is 8. The highest BCUT2D eigenvalue weighted by atomic mass is 32.2. The average molecular weight is 288 g/mol. The minimum absolute atomic E-state index is 0.0616. The third-order valence-corrected chi connectivity index (χ3v) is 4.67. The van der Waals surface area contributed by atoms with Crippen LogP contribution in [0.15, 0.2) is 0 Å². The van der Waals surface area contributed by atoms with Gasteiger partial charge in [-0.1, -0.05) is 6.92 Å². The van der Waals surface area contributed by atoms with E-state index in [0.717, 1.165) is 32.4 Å². The van der Waals surface area contributed by atoms with Crippen molar-refractivity contribution in [2.24, 2.45) is 5.92 Å². The number of nitrogens with one attached hydrogen (secondary N) is 2. The van der Waals surface area contributed by atoms with Crippen molar-refractivity contribution in [1.82, 2.24) is 10.6 Å². The second-order valence-corrected chi connectivity index (χ2v) is 6.28. The quantitative estimate of drug-likeness (QED) is 0.583. The summed E-state index contributed by atoms with van der Waals surface area (Å²) < 4.78 is 0. The Kier molecular flexibility index (Phi) is 7.90. The molecule has 1 saturated heterocycles. The molecule has 1 atom stereocenters. The van der Waals surface area contributed by atoms with Gasteiger partial charge < -0.3 is 15.7 Å². The molecule has 0 aromatic heterocycles. The van der Waals surface area contributed by atoms with Crippen molar-refractivity contribution in [3.05, 3.63) is 0 Å². The first-order valence-electron chi connectivity index (χ1n) is 6.91. The molecule has 1 heterocycles. The topological polar surface area (TPSA) is 78.4 Å². The van der Waals surface area contributed by atoms with Crippen LogP contribution in [0, 0.1) is 5.92 Å². The standard InChI is InChI=1S/C13H24N2O3S/c1-10(13(17)18)3-2-6-15-12(16)9-19-11-4-7-14-8-5-11/h10-11,14H,2-9H2,1H3,(H,15,16)(H,17,18). The molecule has 0 aliphatic carbocycles. The van der Waals surface area contributed by atoms with E-state index in [0.29, 0.717) is 24.0 Å². The minimum Gasteiger partial charge on any atom is -0.481 e.